The van der Waals surface area contributed by atoms with Crippen LogP contribution in [0.1, 0.15) is 15.9 Å². The standard InChI is InChI=1S/C23H28O12/c1-31-15-8-12(9-16(32-2)18(15)26)22(30)33-10-17-19(27)20(28)21(29)23(35-17)34-14-4-3-11(5-6-24)7-13(14)25/h3-4,7-9,17,19-21,23-29H,5-6,10H2,1-2H3/t17-,19-,20+,21-,23-/m1/s1. The van der Waals surface area contributed by atoms with Gasteiger partial charge in [0.25, 0.3) is 0 Å². The number of esters is 1. The maximum atomic E-state index is 12.5. The number of benzene rings is 2. The minimum atomic E-state index is -1.71. The van der Waals surface area contributed by atoms with Gasteiger partial charge in [0, 0.05) is 6.61 Å². The van der Waals surface area contributed by atoms with Crippen LogP contribution < -0.4 is 14.2 Å². The highest BCUT2D eigenvalue weighted by Crippen LogP contribution is 2.37. The Morgan fingerprint density at radius 1 is 0.943 bits per heavy atom. The molecule has 12 nitrogen and oxygen atoms in total. The second-order valence-corrected chi connectivity index (χ2v) is 7.74. The molecule has 2 aromatic carbocycles. The number of aliphatic hydroxyl groups is 4. The molecule has 192 valence electrons. The second kappa shape index (κ2) is 11.4. The maximum absolute atomic E-state index is 12.5. The van der Waals surface area contributed by atoms with Gasteiger partial charge in [-0.2, -0.15) is 0 Å². The van der Waals surface area contributed by atoms with E-state index in [1.807, 2.05) is 0 Å². The van der Waals surface area contributed by atoms with Crippen LogP contribution in [0.15, 0.2) is 30.3 Å². The minimum Gasteiger partial charge on any atom is -0.504 e. The first-order valence-corrected chi connectivity index (χ1v) is 10.6. The molecular weight excluding hydrogens is 468 g/mol. The number of ether oxygens (including phenoxy) is 5. The van der Waals surface area contributed by atoms with Crippen molar-refractivity contribution in [3.8, 4) is 28.7 Å². The number of methoxy groups -OCH3 is 2. The van der Waals surface area contributed by atoms with Gasteiger partial charge in [-0.25, -0.2) is 4.79 Å². The molecule has 12 heteroatoms. The highest BCUT2D eigenvalue weighted by Gasteiger charge is 2.45. The van der Waals surface area contributed by atoms with Crippen LogP contribution >= 0.6 is 0 Å². The summed E-state index contributed by atoms with van der Waals surface area (Å²) in [5.41, 5.74) is 0.619. The van der Waals surface area contributed by atoms with E-state index in [0.717, 1.165) is 0 Å². The molecule has 3 rings (SSSR count). The van der Waals surface area contributed by atoms with Gasteiger partial charge in [-0.3, -0.25) is 0 Å². The Hall–Kier alpha value is -3.29. The van der Waals surface area contributed by atoms with Gasteiger partial charge in [0.1, 0.15) is 31.0 Å². The first-order chi connectivity index (χ1) is 16.7. The van der Waals surface area contributed by atoms with Crippen LogP contribution in [0.25, 0.3) is 0 Å². The molecule has 0 unspecified atom stereocenters. The van der Waals surface area contributed by atoms with Gasteiger partial charge in [-0.15, -0.1) is 0 Å². The van der Waals surface area contributed by atoms with E-state index in [-0.39, 0.29) is 40.9 Å². The molecule has 0 bridgehead atoms. The molecule has 0 spiro atoms. The summed E-state index contributed by atoms with van der Waals surface area (Å²) in [5.74, 6) is -1.58. The van der Waals surface area contributed by atoms with Crippen LogP contribution in [0.4, 0.5) is 0 Å². The van der Waals surface area contributed by atoms with Crippen molar-refractivity contribution < 1.29 is 59.1 Å². The topological polar surface area (TPSA) is 185 Å². The third-order valence-corrected chi connectivity index (χ3v) is 5.43. The number of phenolic OH excluding ortho intramolecular Hbond substituents is 2. The van der Waals surface area contributed by atoms with E-state index in [0.29, 0.717) is 12.0 Å². The smallest absolute Gasteiger partial charge is 0.338 e. The molecule has 6 N–H and O–H groups in total. The van der Waals surface area contributed by atoms with E-state index in [1.165, 1.54) is 38.5 Å². The van der Waals surface area contributed by atoms with Crippen LogP contribution in [0, 0.1) is 0 Å². The zero-order valence-electron chi connectivity index (χ0n) is 19.0. The lowest BCUT2D eigenvalue weighted by molar-refractivity contribution is -0.277. The van der Waals surface area contributed by atoms with Crippen molar-refractivity contribution in [3.63, 3.8) is 0 Å². The molecule has 1 aliphatic rings. The van der Waals surface area contributed by atoms with Crippen molar-refractivity contribution >= 4 is 5.97 Å². The third-order valence-electron chi connectivity index (χ3n) is 5.43. The van der Waals surface area contributed by atoms with Crippen LogP contribution in [0.2, 0.25) is 0 Å². The summed E-state index contributed by atoms with van der Waals surface area (Å²) < 4.78 is 26.2. The van der Waals surface area contributed by atoms with E-state index < -0.39 is 43.3 Å². The summed E-state index contributed by atoms with van der Waals surface area (Å²) in [6.07, 6.45) is -7.50. The quantitative estimate of drug-likeness (QED) is 0.249. The Kier molecular flexibility index (Phi) is 8.59. The number of hydrogen-bond acceptors (Lipinski definition) is 12. The van der Waals surface area contributed by atoms with E-state index in [1.54, 1.807) is 6.07 Å². The zero-order chi connectivity index (χ0) is 25.7. The highest BCUT2D eigenvalue weighted by atomic mass is 16.7. The van der Waals surface area contributed by atoms with Crippen molar-refractivity contribution in [2.75, 3.05) is 27.4 Å². The normalized spacial score (nSPS) is 24.0. The summed E-state index contributed by atoms with van der Waals surface area (Å²) >= 11 is 0. The van der Waals surface area contributed by atoms with Gasteiger partial charge >= 0.3 is 5.97 Å². The fraction of sp³-hybridized carbons (Fsp3) is 0.435. The van der Waals surface area contributed by atoms with Crippen LogP contribution in [-0.2, 0) is 15.9 Å². The number of carbonyl (C=O) groups excluding carboxylic acids is 1. The number of carbonyl (C=O) groups is 1. The maximum Gasteiger partial charge on any atom is 0.338 e. The molecule has 0 radical (unpaired) electrons. The highest BCUT2D eigenvalue weighted by molar-refractivity contribution is 5.91. The number of aliphatic hydroxyl groups excluding tert-OH is 4. The van der Waals surface area contributed by atoms with Crippen LogP contribution in [-0.4, -0.2) is 94.7 Å². The predicted octanol–water partition coefficient (Wildman–Crippen LogP) is -0.307. The molecule has 0 saturated carbocycles. The Morgan fingerprint density at radius 2 is 1.60 bits per heavy atom. The van der Waals surface area contributed by atoms with Crippen molar-refractivity contribution in [3.05, 3.63) is 41.5 Å². The fourth-order valence-corrected chi connectivity index (χ4v) is 3.48. The van der Waals surface area contributed by atoms with Gasteiger partial charge in [0.05, 0.1) is 19.8 Å². The van der Waals surface area contributed by atoms with E-state index in [9.17, 15) is 30.3 Å². The number of phenols is 2. The van der Waals surface area contributed by atoms with Crippen molar-refractivity contribution in [2.45, 2.75) is 37.1 Å². The first-order valence-electron chi connectivity index (χ1n) is 10.6. The molecular formula is C23H28O12. The lowest BCUT2D eigenvalue weighted by Crippen LogP contribution is -2.60. The molecule has 1 saturated heterocycles. The largest absolute Gasteiger partial charge is 0.504 e. The van der Waals surface area contributed by atoms with Crippen LogP contribution in [0.3, 0.4) is 0 Å². The molecule has 5 atom stereocenters. The number of rotatable bonds is 9. The van der Waals surface area contributed by atoms with E-state index in [2.05, 4.69) is 0 Å². The summed E-state index contributed by atoms with van der Waals surface area (Å²) in [5, 5.41) is 60.0. The molecule has 35 heavy (non-hydrogen) atoms. The predicted molar refractivity (Wildman–Crippen MR) is 118 cm³/mol. The van der Waals surface area contributed by atoms with Crippen molar-refractivity contribution in [2.24, 2.45) is 0 Å². The first kappa shape index (κ1) is 26.3. The third kappa shape index (κ3) is 5.86. The van der Waals surface area contributed by atoms with E-state index in [4.69, 9.17) is 28.8 Å². The number of aromatic hydroxyl groups is 2. The summed E-state index contributed by atoms with van der Waals surface area (Å²) in [6.45, 7) is -0.644. The van der Waals surface area contributed by atoms with Crippen molar-refractivity contribution in [1.29, 1.82) is 0 Å². The molecule has 0 aliphatic carbocycles. The van der Waals surface area contributed by atoms with Gasteiger partial charge in [0.2, 0.25) is 12.0 Å². The molecule has 2 aromatic rings. The lowest BCUT2D eigenvalue weighted by Gasteiger charge is -2.39. The molecule has 1 heterocycles. The zero-order valence-corrected chi connectivity index (χ0v) is 19.0. The number of hydrogen-bond donors (Lipinski definition) is 6. The molecule has 0 aromatic heterocycles. The van der Waals surface area contributed by atoms with Crippen molar-refractivity contribution in [1.82, 2.24) is 0 Å². The summed E-state index contributed by atoms with van der Waals surface area (Å²) in [7, 11) is 2.58. The van der Waals surface area contributed by atoms with Gasteiger partial charge < -0.3 is 54.3 Å². The fourth-order valence-electron chi connectivity index (χ4n) is 3.48. The lowest BCUT2D eigenvalue weighted by atomic mass is 9.99. The Morgan fingerprint density at radius 3 is 2.17 bits per heavy atom. The molecule has 1 aliphatic heterocycles. The van der Waals surface area contributed by atoms with E-state index >= 15 is 0 Å². The summed E-state index contributed by atoms with van der Waals surface area (Å²) in [4.78, 5) is 12.5. The van der Waals surface area contributed by atoms with Gasteiger partial charge in [0.15, 0.2) is 23.0 Å². The Balaban J connectivity index is 1.70. The second-order valence-electron chi connectivity index (χ2n) is 7.74. The average molecular weight is 496 g/mol. The molecule has 0 amide bonds. The SMILES string of the molecule is COc1cc(C(=O)OC[C@H]2O[C@@H](Oc3ccc(CCO)cc3O)[C@H](O)[C@@H](O)[C@@H]2O)cc(OC)c1O. The average Bonchev–Trinajstić information content (AvgIpc) is 2.85. The Labute approximate surface area is 200 Å². The van der Waals surface area contributed by atoms with Gasteiger partial charge in [-0.05, 0) is 36.2 Å². The minimum absolute atomic E-state index is 0.0249. The Bertz CT molecular complexity index is 1000. The summed E-state index contributed by atoms with van der Waals surface area (Å²) in [6, 6.07) is 6.81. The monoisotopic (exact) mass is 496 g/mol. The van der Waals surface area contributed by atoms with Gasteiger partial charge in [-0.1, -0.05) is 6.07 Å². The molecule has 1 fully saturated rings. The van der Waals surface area contributed by atoms with Crippen LogP contribution in [0.5, 0.6) is 28.7 Å².